The van der Waals surface area contributed by atoms with E-state index in [-0.39, 0.29) is 6.61 Å². The maximum absolute atomic E-state index is 11.0. The molecule has 0 aromatic carbocycles. The second-order valence-corrected chi connectivity index (χ2v) is 4.95. The lowest BCUT2D eigenvalue weighted by atomic mass is 10.3. The fourth-order valence-electron chi connectivity index (χ4n) is 1.44. The highest BCUT2D eigenvalue weighted by Crippen LogP contribution is 2.23. The predicted molar refractivity (Wildman–Crippen MR) is 72.2 cm³/mol. The summed E-state index contributed by atoms with van der Waals surface area (Å²) >= 11 is 0. The SMILES string of the molecule is C=COC(C)(C)OC(C)(C)OCC(C)OC(=O)C=C. The summed E-state index contributed by atoms with van der Waals surface area (Å²) in [7, 11) is 0. The van der Waals surface area contributed by atoms with Crippen LogP contribution in [0.2, 0.25) is 0 Å². The molecule has 5 heteroatoms. The first-order valence-electron chi connectivity index (χ1n) is 6.08. The van der Waals surface area contributed by atoms with Crippen LogP contribution in [0, 0.1) is 0 Å². The van der Waals surface area contributed by atoms with Gasteiger partial charge in [-0.2, -0.15) is 0 Å². The van der Waals surface area contributed by atoms with Crippen molar-refractivity contribution in [3.8, 4) is 0 Å². The van der Waals surface area contributed by atoms with Crippen LogP contribution in [0.25, 0.3) is 0 Å². The number of esters is 1. The van der Waals surface area contributed by atoms with Crippen LogP contribution in [0.4, 0.5) is 0 Å². The molecule has 0 N–H and O–H groups in total. The Morgan fingerprint density at radius 3 is 2.26 bits per heavy atom. The molecule has 0 heterocycles. The number of ether oxygens (including phenoxy) is 4. The Bertz CT molecular complexity index is 320. The smallest absolute Gasteiger partial charge is 0.330 e. The van der Waals surface area contributed by atoms with Crippen LogP contribution in [0.15, 0.2) is 25.5 Å². The van der Waals surface area contributed by atoms with E-state index in [9.17, 15) is 4.79 Å². The van der Waals surface area contributed by atoms with Gasteiger partial charge in [0, 0.05) is 19.9 Å². The van der Waals surface area contributed by atoms with Gasteiger partial charge in [0.2, 0.25) is 5.79 Å². The van der Waals surface area contributed by atoms with Crippen molar-refractivity contribution < 1.29 is 23.7 Å². The second-order valence-electron chi connectivity index (χ2n) is 4.95. The zero-order chi connectivity index (χ0) is 15.1. The van der Waals surface area contributed by atoms with Crippen molar-refractivity contribution in [2.24, 2.45) is 0 Å². The number of hydrogen-bond donors (Lipinski definition) is 0. The fraction of sp³-hybridized carbons (Fsp3) is 0.643. The first-order chi connectivity index (χ1) is 8.62. The van der Waals surface area contributed by atoms with E-state index in [0.717, 1.165) is 6.08 Å². The van der Waals surface area contributed by atoms with Gasteiger partial charge in [-0.15, -0.1) is 0 Å². The summed E-state index contributed by atoms with van der Waals surface area (Å²) in [5.74, 6) is -2.22. The second kappa shape index (κ2) is 7.31. The number of rotatable bonds is 9. The van der Waals surface area contributed by atoms with Crippen LogP contribution in [-0.2, 0) is 23.7 Å². The lowest BCUT2D eigenvalue weighted by molar-refractivity contribution is -0.324. The molecule has 0 fully saturated rings. The summed E-state index contributed by atoms with van der Waals surface area (Å²) in [5.41, 5.74) is 0. The van der Waals surface area contributed by atoms with E-state index >= 15 is 0 Å². The number of hydrogen-bond acceptors (Lipinski definition) is 5. The van der Waals surface area contributed by atoms with Gasteiger partial charge in [-0.3, -0.25) is 0 Å². The van der Waals surface area contributed by atoms with E-state index in [1.54, 1.807) is 34.6 Å². The summed E-state index contributed by atoms with van der Waals surface area (Å²) in [5, 5.41) is 0. The molecule has 1 atom stereocenters. The van der Waals surface area contributed by atoms with Gasteiger partial charge in [0.05, 0.1) is 12.9 Å². The van der Waals surface area contributed by atoms with Crippen molar-refractivity contribution >= 4 is 5.97 Å². The van der Waals surface area contributed by atoms with E-state index < -0.39 is 23.6 Å². The highest BCUT2D eigenvalue weighted by Gasteiger charge is 2.31. The zero-order valence-electron chi connectivity index (χ0n) is 12.4. The molecule has 0 rings (SSSR count). The highest BCUT2D eigenvalue weighted by molar-refractivity contribution is 5.81. The summed E-state index contributed by atoms with van der Waals surface area (Å²) < 4.78 is 21.4. The van der Waals surface area contributed by atoms with Gasteiger partial charge in [0.25, 0.3) is 0 Å². The predicted octanol–water partition coefficient (Wildman–Crippen LogP) is 2.77. The molecular formula is C14H24O5. The van der Waals surface area contributed by atoms with Crippen LogP contribution in [0.1, 0.15) is 34.6 Å². The molecule has 5 nitrogen and oxygen atoms in total. The van der Waals surface area contributed by atoms with Crippen molar-refractivity contribution in [2.45, 2.75) is 52.3 Å². The molecule has 0 aromatic heterocycles. The van der Waals surface area contributed by atoms with E-state index in [4.69, 9.17) is 18.9 Å². The average Bonchev–Trinajstić information content (AvgIpc) is 2.24. The van der Waals surface area contributed by atoms with Crippen molar-refractivity contribution in [3.05, 3.63) is 25.5 Å². The van der Waals surface area contributed by atoms with Gasteiger partial charge >= 0.3 is 5.97 Å². The summed E-state index contributed by atoms with van der Waals surface area (Å²) in [4.78, 5) is 11.0. The van der Waals surface area contributed by atoms with Gasteiger partial charge in [-0.05, 0) is 20.8 Å². The number of carbonyl (C=O) groups excluding carboxylic acids is 1. The lowest BCUT2D eigenvalue weighted by Crippen LogP contribution is -2.41. The largest absolute Gasteiger partial charge is 0.471 e. The Kier molecular flexibility index (Phi) is 6.79. The molecule has 0 saturated heterocycles. The maximum atomic E-state index is 11.0. The molecule has 0 aliphatic rings. The molecule has 110 valence electrons. The summed E-state index contributed by atoms with van der Waals surface area (Å²) in [6.07, 6.45) is 2.03. The van der Waals surface area contributed by atoms with Gasteiger partial charge in [0.1, 0.15) is 6.10 Å². The minimum atomic E-state index is -0.888. The van der Waals surface area contributed by atoms with Crippen molar-refractivity contribution in [3.63, 3.8) is 0 Å². The normalized spacial score (nSPS) is 13.5. The first kappa shape index (κ1) is 17.7. The van der Waals surface area contributed by atoms with E-state index in [0.29, 0.717) is 0 Å². The minimum Gasteiger partial charge on any atom is -0.471 e. The standard InChI is InChI=1S/C14H24O5/c1-8-12(15)18-11(3)10-17-14(6,7)19-13(4,5)16-9-2/h8-9,11H,1-2,10H2,3-7H3. The topological polar surface area (TPSA) is 54.0 Å². The third-order valence-electron chi connectivity index (χ3n) is 2.01. The molecule has 0 spiro atoms. The molecule has 0 radical (unpaired) electrons. The minimum absolute atomic E-state index is 0.205. The monoisotopic (exact) mass is 272 g/mol. The van der Waals surface area contributed by atoms with Crippen LogP contribution >= 0.6 is 0 Å². The van der Waals surface area contributed by atoms with Crippen LogP contribution < -0.4 is 0 Å². The highest BCUT2D eigenvalue weighted by atomic mass is 16.8. The van der Waals surface area contributed by atoms with E-state index in [1.165, 1.54) is 6.26 Å². The van der Waals surface area contributed by atoms with Crippen LogP contribution in [0.3, 0.4) is 0 Å². The van der Waals surface area contributed by atoms with Crippen LogP contribution in [-0.4, -0.2) is 30.3 Å². The maximum Gasteiger partial charge on any atom is 0.330 e. The van der Waals surface area contributed by atoms with Crippen molar-refractivity contribution in [2.75, 3.05) is 6.61 Å². The third-order valence-corrected chi connectivity index (χ3v) is 2.01. The Balaban J connectivity index is 4.26. The van der Waals surface area contributed by atoms with Crippen LogP contribution in [0.5, 0.6) is 0 Å². The quantitative estimate of drug-likeness (QED) is 0.279. The molecule has 0 amide bonds. The van der Waals surface area contributed by atoms with Gasteiger partial charge in [-0.25, -0.2) is 4.79 Å². The summed E-state index contributed by atoms with van der Waals surface area (Å²) in [6.45, 7) is 15.7. The molecule has 1 unspecified atom stereocenters. The number of carbonyl (C=O) groups is 1. The first-order valence-corrected chi connectivity index (χ1v) is 6.08. The molecule has 19 heavy (non-hydrogen) atoms. The lowest BCUT2D eigenvalue weighted by Gasteiger charge is -2.35. The van der Waals surface area contributed by atoms with E-state index in [2.05, 4.69) is 13.2 Å². The van der Waals surface area contributed by atoms with Gasteiger partial charge in [-0.1, -0.05) is 13.2 Å². The Hall–Kier alpha value is -1.33. The van der Waals surface area contributed by atoms with Crippen molar-refractivity contribution in [1.82, 2.24) is 0 Å². The molecule has 0 aliphatic heterocycles. The van der Waals surface area contributed by atoms with E-state index in [1.807, 2.05) is 0 Å². The fourth-order valence-corrected chi connectivity index (χ4v) is 1.44. The van der Waals surface area contributed by atoms with Gasteiger partial charge in [0.15, 0.2) is 5.79 Å². The molecule has 0 aromatic rings. The third kappa shape index (κ3) is 8.40. The average molecular weight is 272 g/mol. The zero-order valence-corrected chi connectivity index (χ0v) is 12.4. The Labute approximate surface area is 115 Å². The summed E-state index contributed by atoms with van der Waals surface area (Å²) in [6, 6.07) is 0. The van der Waals surface area contributed by atoms with Crippen molar-refractivity contribution in [1.29, 1.82) is 0 Å². The molecular weight excluding hydrogens is 248 g/mol. The Morgan fingerprint density at radius 1 is 1.21 bits per heavy atom. The molecule has 0 bridgehead atoms. The Morgan fingerprint density at radius 2 is 1.79 bits per heavy atom. The van der Waals surface area contributed by atoms with Gasteiger partial charge < -0.3 is 18.9 Å². The molecule has 0 aliphatic carbocycles. The molecule has 0 saturated carbocycles.